The summed E-state index contributed by atoms with van der Waals surface area (Å²) in [5.74, 6) is 0.683. The highest BCUT2D eigenvalue weighted by molar-refractivity contribution is 5.88. The van der Waals surface area contributed by atoms with Crippen molar-refractivity contribution in [3.05, 3.63) is 66.5 Å². The zero-order chi connectivity index (χ0) is 20.2. The van der Waals surface area contributed by atoms with Crippen LogP contribution in [0.25, 0.3) is 10.8 Å². The van der Waals surface area contributed by atoms with Gasteiger partial charge in [0.25, 0.3) is 0 Å². The molecule has 0 saturated carbocycles. The molecule has 1 aliphatic rings. The van der Waals surface area contributed by atoms with Gasteiger partial charge in [-0.2, -0.15) is 0 Å². The van der Waals surface area contributed by atoms with Gasteiger partial charge in [-0.25, -0.2) is 0 Å². The molecule has 1 amide bonds. The van der Waals surface area contributed by atoms with Gasteiger partial charge in [0.1, 0.15) is 18.0 Å². The molecule has 6 heteroatoms. The summed E-state index contributed by atoms with van der Waals surface area (Å²) >= 11 is 0. The van der Waals surface area contributed by atoms with Crippen LogP contribution in [0.5, 0.6) is 5.75 Å². The molecule has 29 heavy (non-hydrogen) atoms. The molecular weight excluding hydrogens is 366 g/mol. The third-order valence-electron chi connectivity index (χ3n) is 5.18. The van der Waals surface area contributed by atoms with E-state index >= 15 is 0 Å². The van der Waals surface area contributed by atoms with Crippen LogP contribution in [0.3, 0.4) is 0 Å². The number of anilines is 1. The third-order valence-corrected chi connectivity index (χ3v) is 5.18. The number of nitrogens with zero attached hydrogens (tertiary/aromatic N) is 2. The lowest BCUT2D eigenvalue weighted by molar-refractivity contribution is -0.114. The number of aliphatic hydroxyl groups is 1. The molecule has 1 aliphatic heterocycles. The van der Waals surface area contributed by atoms with E-state index in [1.807, 2.05) is 54.7 Å². The monoisotopic (exact) mass is 391 g/mol. The number of pyridine rings is 1. The summed E-state index contributed by atoms with van der Waals surface area (Å²) in [4.78, 5) is 17.5. The number of aliphatic hydroxyl groups excluding tert-OH is 1. The van der Waals surface area contributed by atoms with Gasteiger partial charge in [0.15, 0.2) is 0 Å². The van der Waals surface area contributed by atoms with Gasteiger partial charge in [0, 0.05) is 50.0 Å². The Labute approximate surface area is 170 Å². The summed E-state index contributed by atoms with van der Waals surface area (Å²) in [6.45, 7) is 3.67. The van der Waals surface area contributed by atoms with Crippen molar-refractivity contribution < 1.29 is 14.6 Å². The number of carbonyl (C=O) groups is 1. The average Bonchev–Trinajstić information content (AvgIpc) is 2.71. The fraction of sp³-hybridized carbons (Fsp3) is 0.304. The van der Waals surface area contributed by atoms with Crippen LogP contribution in [0.15, 0.2) is 60.9 Å². The molecule has 6 nitrogen and oxygen atoms in total. The fourth-order valence-electron chi connectivity index (χ4n) is 3.72. The largest absolute Gasteiger partial charge is 0.488 e. The number of piperidine rings is 1. The Morgan fingerprint density at radius 3 is 2.79 bits per heavy atom. The van der Waals surface area contributed by atoms with Crippen molar-refractivity contribution in [3.63, 3.8) is 0 Å². The number of aromatic nitrogens is 1. The van der Waals surface area contributed by atoms with Crippen LogP contribution in [0, 0.1) is 0 Å². The second-order valence-electron chi connectivity index (χ2n) is 7.51. The van der Waals surface area contributed by atoms with Crippen molar-refractivity contribution in [2.75, 3.05) is 18.4 Å². The number of rotatable bonds is 5. The first-order valence-electron chi connectivity index (χ1n) is 9.84. The normalized spacial score (nSPS) is 19.8. The van der Waals surface area contributed by atoms with E-state index in [0.717, 1.165) is 47.3 Å². The number of amides is 1. The molecule has 0 aliphatic carbocycles. The number of ether oxygens (including phenoxy) is 1. The summed E-state index contributed by atoms with van der Waals surface area (Å²) in [6.07, 6.45) is 3.58. The summed E-state index contributed by atoms with van der Waals surface area (Å²) in [5, 5.41) is 15.5. The highest BCUT2D eigenvalue weighted by atomic mass is 16.5. The van der Waals surface area contributed by atoms with Crippen LogP contribution in [-0.2, 0) is 11.3 Å². The molecule has 1 fully saturated rings. The Balaban J connectivity index is 1.33. The van der Waals surface area contributed by atoms with Crippen molar-refractivity contribution in [3.8, 4) is 5.75 Å². The van der Waals surface area contributed by atoms with E-state index in [1.165, 1.54) is 6.92 Å². The Bertz CT molecular complexity index is 990. The molecule has 150 valence electrons. The lowest BCUT2D eigenvalue weighted by Gasteiger charge is -2.36. The minimum Gasteiger partial charge on any atom is -0.488 e. The minimum atomic E-state index is -0.549. The minimum absolute atomic E-state index is 0.0781. The number of carbonyl (C=O) groups excluding carboxylic acids is 1. The maximum Gasteiger partial charge on any atom is 0.221 e. The average molecular weight is 391 g/mol. The van der Waals surface area contributed by atoms with Gasteiger partial charge >= 0.3 is 0 Å². The van der Waals surface area contributed by atoms with Crippen LogP contribution in [0.1, 0.15) is 18.9 Å². The number of benzene rings is 2. The van der Waals surface area contributed by atoms with Crippen molar-refractivity contribution in [1.29, 1.82) is 0 Å². The smallest absolute Gasteiger partial charge is 0.221 e. The highest BCUT2D eigenvalue weighted by Gasteiger charge is 2.29. The van der Waals surface area contributed by atoms with Gasteiger partial charge < -0.3 is 15.2 Å². The SMILES string of the molecule is CC(=O)Nc1ccc(CN2CC[C@@H](Oc3ccc4ccncc4c3)[C@H](O)C2)cc1. The predicted octanol–water partition coefficient (Wildman–Crippen LogP) is 3.21. The quantitative estimate of drug-likeness (QED) is 0.699. The molecule has 3 aromatic rings. The first kappa shape index (κ1) is 19.4. The van der Waals surface area contributed by atoms with Gasteiger partial charge in [0.2, 0.25) is 5.91 Å². The molecule has 2 N–H and O–H groups in total. The molecule has 0 radical (unpaired) electrons. The zero-order valence-corrected chi connectivity index (χ0v) is 16.4. The molecule has 0 spiro atoms. The zero-order valence-electron chi connectivity index (χ0n) is 16.4. The molecule has 0 unspecified atom stereocenters. The maximum atomic E-state index is 11.1. The van der Waals surface area contributed by atoms with E-state index in [4.69, 9.17) is 4.74 Å². The van der Waals surface area contributed by atoms with Gasteiger partial charge in [-0.1, -0.05) is 18.2 Å². The summed E-state index contributed by atoms with van der Waals surface area (Å²) in [5.41, 5.74) is 1.94. The predicted molar refractivity (Wildman–Crippen MR) is 113 cm³/mol. The molecule has 1 saturated heterocycles. The number of fused-ring (bicyclic) bond motifs is 1. The van der Waals surface area contributed by atoms with E-state index in [-0.39, 0.29) is 12.0 Å². The fourth-order valence-corrected chi connectivity index (χ4v) is 3.72. The van der Waals surface area contributed by atoms with E-state index < -0.39 is 6.10 Å². The third kappa shape index (κ3) is 4.91. The second-order valence-corrected chi connectivity index (χ2v) is 7.51. The van der Waals surface area contributed by atoms with Gasteiger partial charge in [-0.05, 0) is 47.7 Å². The van der Waals surface area contributed by atoms with E-state index in [1.54, 1.807) is 6.20 Å². The van der Waals surface area contributed by atoms with Crippen LogP contribution in [-0.4, -0.2) is 46.2 Å². The first-order chi connectivity index (χ1) is 14.1. The highest BCUT2D eigenvalue weighted by Crippen LogP contribution is 2.24. The Hall–Kier alpha value is -2.96. The van der Waals surface area contributed by atoms with Crippen molar-refractivity contribution in [2.45, 2.75) is 32.1 Å². The van der Waals surface area contributed by atoms with Crippen LogP contribution in [0.2, 0.25) is 0 Å². The lowest BCUT2D eigenvalue weighted by atomic mass is 10.0. The van der Waals surface area contributed by atoms with Crippen molar-refractivity contribution in [2.24, 2.45) is 0 Å². The maximum absolute atomic E-state index is 11.1. The van der Waals surface area contributed by atoms with E-state index in [9.17, 15) is 9.90 Å². The number of hydrogen-bond donors (Lipinski definition) is 2. The molecule has 1 aromatic heterocycles. The van der Waals surface area contributed by atoms with Crippen LogP contribution in [0.4, 0.5) is 5.69 Å². The van der Waals surface area contributed by atoms with Gasteiger partial charge in [0.05, 0.1) is 0 Å². The van der Waals surface area contributed by atoms with E-state index in [2.05, 4.69) is 15.2 Å². The van der Waals surface area contributed by atoms with Crippen molar-refractivity contribution in [1.82, 2.24) is 9.88 Å². The molecule has 4 rings (SSSR count). The Morgan fingerprint density at radius 1 is 1.21 bits per heavy atom. The molecule has 2 atom stereocenters. The van der Waals surface area contributed by atoms with Crippen molar-refractivity contribution >= 4 is 22.4 Å². The molecule has 0 bridgehead atoms. The molecule has 2 aromatic carbocycles. The summed E-state index contributed by atoms with van der Waals surface area (Å²) in [6, 6.07) is 15.7. The first-order valence-corrected chi connectivity index (χ1v) is 9.84. The second kappa shape index (κ2) is 8.59. The summed E-state index contributed by atoms with van der Waals surface area (Å²) < 4.78 is 6.08. The Morgan fingerprint density at radius 2 is 2.03 bits per heavy atom. The number of hydrogen-bond acceptors (Lipinski definition) is 5. The number of likely N-dealkylation sites (tertiary alicyclic amines) is 1. The molecular formula is C23H25N3O3. The van der Waals surface area contributed by atoms with Gasteiger partial charge in [-0.3, -0.25) is 14.7 Å². The standard InChI is InChI=1S/C23H25N3O3/c1-16(27)25-20-5-2-17(3-6-20)14-26-11-9-23(22(28)15-26)29-21-7-4-18-8-10-24-13-19(18)12-21/h2-8,10,12-13,22-23,28H,9,11,14-15H2,1H3,(H,25,27)/t22-,23-/m1/s1. The number of nitrogens with one attached hydrogen (secondary N) is 1. The van der Waals surface area contributed by atoms with Gasteiger partial charge in [-0.15, -0.1) is 0 Å². The summed E-state index contributed by atoms with van der Waals surface area (Å²) in [7, 11) is 0. The van der Waals surface area contributed by atoms with Crippen LogP contribution < -0.4 is 10.1 Å². The van der Waals surface area contributed by atoms with Crippen LogP contribution >= 0.6 is 0 Å². The lowest BCUT2D eigenvalue weighted by Crippen LogP contribution is -2.48. The topological polar surface area (TPSA) is 74.7 Å². The number of β-amino-alcohol motifs (C(OH)–C–C–N with tert-alkyl or cyclic N) is 1. The van der Waals surface area contributed by atoms with E-state index in [0.29, 0.717) is 6.54 Å². The molecule has 2 heterocycles. The Kier molecular flexibility index (Phi) is 5.74.